The Morgan fingerprint density at radius 1 is 0.923 bits per heavy atom. The summed E-state index contributed by atoms with van der Waals surface area (Å²) in [5, 5.41) is 0. The minimum absolute atomic E-state index is 0.301. The number of fused-ring (bicyclic) bond motifs is 2. The number of amides is 1. The van der Waals surface area contributed by atoms with Crippen molar-refractivity contribution < 1.29 is 14.3 Å². The Morgan fingerprint density at radius 3 is 2.38 bits per heavy atom. The first kappa shape index (κ1) is 16.5. The molecule has 3 aliphatic carbocycles. The van der Waals surface area contributed by atoms with Crippen LogP contribution in [-0.4, -0.2) is 23.6 Å². The molecule has 0 unspecified atom stereocenters. The van der Waals surface area contributed by atoms with Crippen LogP contribution in [0.2, 0.25) is 0 Å². The Balaban J connectivity index is 1.36. The zero-order valence-electron chi connectivity index (χ0n) is 15.5. The van der Waals surface area contributed by atoms with Crippen LogP contribution in [0.1, 0.15) is 63.4 Å². The lowest BCUT2D eigenvalue weighted by Crippen LogP contribution is -2.42. The van der Waals surface area contributed by atoms with Crippen molar-refractivity contribution in [1.82, 2.24) is 4.90 Å². The molecule has 3 saturated carbocycles. The Kier molecular flexibility index (Phi) is 4.30. The maximum Gasteiger partial charge on any atom is 0.231 e. The summed E-state index contributed by atoms with van der Waals surface area (Å²) in [5.41, 5.74) is 1.16. The normalized spacial score (nSPS) is 29.9. The molecular formula is C22H29NO3. The van der Waals surface area contributed by atoms with Gasteiger partial charge >= 0.3 is 0 Å². The summed E-state index contributed by atoms with van der Waals surface area (Å²) < 4.78 is 11.0. The van der Waals surface area contributed by atoms with Crippen molar-refractivity contribution in [3.8, 4) is 11.5 Å². The molecule has 4 heteroatoms. The second kappa shape index (κ2) is 6.79. The van der Waals surface area contributed by atoms with Crippen molar-refractivity contribution in [3.63, 3.8) is 0 Å². The first-order valence-corrected chi connectivity index (χ1v) is 10.5. The minimum atomic E-state index is 0.301. The van der Waals surface area contributed by atoms with Crippen LogP contribution in [-0.2, 0) is 11.3 Å². The molecule has 0 N–H and O–H groups in total. The van der Waals surface area contributed by atoms with Crippen LogP contribution in [0.3, 0.4) is 0 Å². The molecule has 0 bridgehead atoms. The van der Waals surface area contributed by atoms with Gasteiger partial charge in [-0.25, -0.2) is 0 Å². The standard InChI is InChI=1S/C22H29NO3/c24-22(21-17-8-4-5-9-18(17)21)23(16-6-2-1-3-7-16)13-15-10-11-19-20(12-15)26-14-25-19/h10-12,16-18,21H,1-9,13-14H2/t17-,18-/m0/s1. The number of hydrogen-bond donors (Lipinski definition) is 0. The molecule has 0 spiro atoms. The summed E-state index contributed by atoms with van der Waals surface area (Å²) in [7, 11) is 0. The summed E-state index contributed by atoms with van der Waals surface area (Å²) in [5.74, 6) is 3.74. The van der Waals surface area contributed by atoms with E-state index in [9.17, 15) is 4.79 Å². The lowest BCUT2D eigenvalue weighted by Gasteiger charge is -2.35. The highest BCUT2D eigenvalue weighted by Crippen LogP contribution is 2.56. The maximum absolute atomic E-state index is 13.5. The van der Waals surface area contributed by atoms with Gasteiger partial charge in [-0.05, 0) is 55.2 Å². The summed E-state index contributed by atoms with van der Waals surface area (Å²) in [6, 6.07) is 6.56. The van der Waals surface area contributed by atoms with Crippen LogP contribution in [0, 0.1) is 17.8 Å². The highest BCUT2D eigenvalue weighted by molar-refractivity contribution is 5.82. The zero-order valence-corrected chi connectivity index (χ0v) is 15.5. The first-order chi connectivity index (χ1) is 12.8. The van der Waals surface area contributed by atoms with Gasteiger partial charge in [0.05, 0.1) is 0 Å². The third kappa shape index (κ3) is 2.97. The second-order valence-electron chi connectivity index (χ2n) is 8.58. The monoisotopic (exact) mass is 355 g/mol. The lowest BCUT2D eigenvalue weighted by molar-refractivity contribution is -0.137. The number of hydrogen-bond acceptors (Lipinski definition) is 3. The fourth-order valence-corrected chi connectivity index (χ4v) is 5.57. The van der Waals surface area contributed by atoms with E-state index in [0.29, 0.717) is 36.5 Å². The molecule has 0 saturated heterocycles. The molecule has 3 fully saturated rings. The molecule has 1 amide bonds. The number of carbonyl (C=O) groups excluding carboxylic acids is 1. The Bertz CT molecular complexity index is 670. The third-order valence-electron chi connectivity index (χ3n) is 7.03. The van der Waals surface area contributed by atoms with Gasteiger partial charge < -0.3 is 14.4 Å². The van der Waals surface area contributed by atoms with Crippen molar-refractivity contribution in [3.05, 3.63) is 23.8 Å². The zero-order chi connectivity index (χ0) is 17.5. The van der Waals surface area contributed by atoms with Crippen molar-refractivity contribution in [1.29, 1.82) is 0 Å². The van der Waals surface area contributed by atoms with Gasteiger partial charge in [0.25, 0.3) is 0 Å². The number of ether oxygens (including phenoxy) is 2. The molecule has 0 aromatic heterocycles. The van der Waals surface area contributed by atoms with E-state index in [2.05, 4.69) is 17.0 Å². The van der Waals surface area contributed by atoms with Crippen molar-refractivity contribution in [2.75, 3.05) is 6.79 Å². The van der Waals surface area contributed by atoms with Crippen LogP contribution in [0.15, 0.2) is 18.2 Å². The minimum Gasteiger partial charge on any atom is -0.454 e. The van der Waals surface area contributed by atoms with E-state index in [1.165, 1.54) is 57.8 Å². The maximum atomic E-state index is 13.5. The highest BCUT2D eigenvalue weighted by atomic mass is 16.7. The quantitative estimate of drug-likeness (QED) is 0.797. The molecule has 1 aromatic carbocycles. The van der Waals surface area contributed by atoms with E-state index in [1.54, 1.807) is 0 Å². The van der Waals surface area contributed by atoms with Gasteiger partial charge in [0.1, 0.15) is 0 Å². The van der Waals surface area contributed by atoms with Gasteiger partial charge in [-0.3, -0.25) is 4.79 Å². The predicted molar refractivity (Wildman–Crippen MR) is 98.9 cm³/mol. The van der Waals surface area contributed by atoms with Crippen LogP contribution in [0.4, 0.5) is 0 Å². The van der Waals surface area contributed by atoms with Crippen molar-refractivity contribution in [2.45, 2.75) is 70.4 Å². The average molecular weight is 355 g/mol. The molecule has 0 radical (unpaired) electrons. The second-order valence-corrected chi connectivity index (χ2v) is 8.58. The molecule has 1 aliphatic heterocycles. The Labute approximate surface area is 155 Å². The van der Waals surface area contributed by atoms with Gasteiger partial charge in [0.15, 0.2) is 11.5 Å². The molecule has 140 valence electrons. The Hall–Kier alpha value is -1.71. The van der Waals surface area contributed by atoms with Gasteiger partial charge in [-0.2, -0.15) is 0 Å². The molecule has 2 atom stereocenters. The van der Waals surface area contributed by atoms with E-state index in [-0.39, 0.29) is 0 Å². The number of benzene rings is 1. The van der Waals surface area contributed by atoms with Gasteiger partial charge in [-0.1, -0.05) is 38.2 Å². The van der Waals surface area contributed by atoms with Crippen LogP contribution in [0.5, 0.6) is 11.5 Å². The van der Waals surface area contributed by atoms with E-state index in [0.717, 1.165) is 23.6 Å². The third-order valence-corrected chi connectivity index (χ3v) is 7.03. The van der Waals surface area contributed by atoms with Crippen molar-refractivity contribution in [2.24, 2.45) is 17.8 Å². The molecule has 4 nitrogen and oxygen atoms in total. The molecule has 1 aromatic rings. The van der Waals surface area contributed by atoms with Crippen molar-refractivity contribution >= 4 is 5.91 Å². The number of carbonyl (C=O) groups is 1. The molecule has 4 aliphatic rings. The topological polar surface area (TPSA) is 38.8 Å². The van der Waals surface area contributed by atoms with Gasteiger partial charge in [-0.15, -0.1) is 0 Å². The largest absolute Gasteiger partial charge is 0.454 e. The van der Waals surface area contributed by atoms with E-state index < -0.39 is 0 Å². The summed E-state index contributed by atoms with van der Waals surface area (Å²) in [6.07, 6.45) is 11.3. The van der Waals surface area contributed by atoms with Crippen LogP contribution < -0.4 is 9.47 Å². The van der Waals surface area contributed by atoms with E-state index in [1.807, 2.05) is 6.07 Å². The van der Waals surface area contributed by atoms with Crippen LogP contribution in [0.25, 0.3) is 0 Å². The smallest absolute Gasteiger partial charge is 0.231 e. The fourth-order valence-electron chi connectivity index (χ4n) is 5.57. The summed E-state index contributed by atoms with van der Waals surface area (Å²) in [4.78, 5) is 15.7. The van der Waals surface area contributed by atoms with E-state index >= 15 is 0 Å². The lowest BCUT2D eigenvalue weighted by atomic mass is 9.93. The first-order valence-electron chi connectivity index (χ1n) is 10.5. The van der Waals surface area contributed by atoms with Gasteiger partial charge in [0.2, 0.25) is 12.7 Å². The van der Waals surface area contributed by atoms with Gasteiger partial charge in [0, 0.05) is 18.5 Å². The molecule has 5 rings (SSSR count). The molecule has 26 heavy (non-hydrogen) atoms. The average Bonchev–Trinajstić information content (AvgIpc) is 3.23. The van der Waals surface area contributed by atoms with Crippen LogP contribution >= 0.6 is 0 Å². The molecule has 1 heterocycles. The SMILES string of the molecule is O=C(C1[C@H]2CCCC[C@H]12)N(Cc1ccc2c(c1)OCO2)C1CCCCC1. The number of nitrogens with zero attached hydrogens (tertiary/aromatic N) is 1. The summed E-state index contributed by atoms with van der Waals surface area (Å²) in [6.45, 7) is 1.02. The molecular weight excluding hydrogens is 326 g/mol. The summed E-state index contributed by atoms with van der Waals surface area (Å²) >= 11 is 0. The highest BCUT2D eigenvalue weighted by Gasteiger charge is 2.56. The predicted octanol–water partition coefficient (Wildman–Crippen LogP) is 4.51. The number of rotatable bonds is 4. The van der Waals surface area contributed by atoms with E-state index in [4.69, 9.17) is 9.47 Å². The fraction of sp³-hybridized carbons (Fsp3) is 0.682. The Morgan fingerprint density at radius 2 is 1.62 bits per heavy atom.